The monoisotopic (exact) mass is 704 g/mol. The number of nitrogens with zero attached hydrogens (tertiary/aromatic N) is 2. The first-order valence-electron chi connectivity index (χ1n) is 13.9. The van der Waals surface area contributed by atoms with Gasteiger partial charge in [0.2, 0.25) is 31.9 Å². The van der Waals surface area contributed by atoms with E-state index in [0.717, 1.165) is 43.7 Å². The Morgan fingerprint density at radius 3 is 1.26 bits per heavy atom. The average molecular weight is 705 g/mol. The third kappa shape index (κ3) is 7.87. The Morgan fingerprint density at radius 1 is 0.609 bits per heavy atom. The molecule has 0 heterocycles. The highest BCUT2D eigenvalue weighted by atomic mass is 33.1. The maximum absolute atomic E-state index is 13.4. The van der Waals surface area contributed by atoms with Gasteiger partial charge in [0.25, 0.3) is 0 Å². The Bertz CT molecular complexity index is 1840. The molecule has 4 aromatic rings. The molecule has 0 unspecified atom stereocenters. The number of primary amides is 2. The van der Waals surface area contributed by atoms with Gasteiger partial charge in [-0.1, -0.05) is 70.1 Å². The molecule has 4 aromatic carbocycles. The summed E-state index contributed by atoms with van der Waals surface area (Å²) in [7, 11) is 1.13. The second-order valence-electron chi connectivity index (χ2n) is 10.8. The molecule has 0 saturated carbocycles. The van der Waals surface area contributed by atoms with Gasteiger partial charge in [0, 0.05) is 72.6 Å². The highest BCUT2D eigenvalue weighted by molar-refractivity contribution is 8.76. The molecule has 2 amide bonds. The minimum atomic E-state index is -4.18. The van der Waals surface area contributed by atoms with Gasteiger partial charge in [-0.05, 0) is 24.3 Å². The number of hydrogen-bond donors (Lipinski definition) is 4. The fraction of sp³-hybridized carbons (Fsp3) is 0.267. The third-order valence-corrected chi connectivity index (χ3v) is 12.6. The first kappa shape index (κ1) is 35.3. The lowest BCUT2D eigenvalue weighted by atomic mass is 10.1. The number of carbonyl (C=O) groups is 2. The minimum Gasteiger partial charge on any atom is -0.377 e. The summed E-state index contributed by atoms with van der Waals surface area (Å²) >= 11 is 0. The zero-order chi connectivity index (χ0) is 33.8. The topological polar surface area (TPSA) is 185 Å². The van der Waals surface area contributed by atoms with Crippen LogP contribution in [0.5, 0.6) is 0 Å². The van der Waals surface area contributed by atoms with Crippen molar-refractivity contribution in [3.05, 3.63) is 72.8 Å². The molecule has 4 rings (SSSR count). The lowest BCUT2D eigenvalue weighted by Gasteiger charge is -2.20. The normalized spacial score (nSPS) is 13.4. The Kier molecular flexibility index (Phi) is 11.1. The van der Waals surface area contributed by atoms with E-state index in [1.807, 2.05) is 62.3 Å². The SMILES string of the molecule is CN(C)c1cccc2c(S(=O)(=O)N[C@@H](CSSC[C@H](NS(=O)(=O)c3cccc4c(N(C)C)cccc34)C(N)=O)C(N)=O)cccc12. The van der Waals surface area contributed by atoms with Crippen LogP contribution in [-0.4, -0.2) is 80.4 Å². The second-order valence-corrected chi connectivity index (χ2v) is 16.7. The molecule has 246 valence electrons. The molecule has 0 radical (unpaired) electrons. The number of hydrogen-bond acceptors (Lipinski definition) is 10. The Morgan fingerprint density at radius 2 is 0.935 bits per heavy atom. The summed E-state index contributed by atoms with van der Waals surface area (Å²) in [6.07, 6.45) is 0. The van der Waals surface area contributed by atoms with Gasteiger partial charge < -0.3 is 21.3 Å². The van der Waals surface area contributed by atoms with Crippen molar-refractivity contribution in [2.45, 2.75) is 21.9 Å². The van der Waals surface area contributed by atoms with Gasteiger partial charge in [-0.25, -0.2) is 16.8 Å². The molecule has 0 fully saturated rings. The van der Waals surface area contributed by atoms with Crippen LogP contribution in [0.25, 0.3) is 21.5 Å². The third-order valence-electron chi connectivity index (χ3n) is 7.10. The minimum absolute atomic E-state index is 0.00746. The number of nitrogens with one attached hydrogen (secondary N) is 2. The summed E-state index contributed by atoms with van der Waals surface area (Å²) in [5.41, 5.74) is 12.7. The summed E-state index contributed by atoms with van der Waals surface area (Å²) < 4.78 is 58.5. The zero-order valence-electron chi connectivity index (χ0n) is 25.6. The van der Waals surface area contributed by atoms with Crippen LogP contribution in [0.1, 0.15) is 0 Å². The quantitative estimate of drug-likeness (QED) is 0.106. The molecule has 16 heteroatoms. The molecule has 0 saturated heterocycles. The lowest BCUT2D eigenvalue weighted by Crippen LogP contribution is -2.46. The standard InChI is InChI=1S/C30H36N6O6S4/c1-35(2)25-13-5-11-21-19(25)9-7-15-27(21)45(39,40)33-23(29(31)37)17-43-44-18-24(30(32)38)34-46(41,42)28-16-8-10-20-22(28)12-6-14-26(20)36(3)4/h5-16,23-24,33-34H,17-18H2,1-4H3,(H2,31,37)(H2,32,38)/t23-,24-/m0/s1. The average Bonchev–Trinajstić information content (AvgIpc) is 3.00. The summed E-state index contributed by atoms with van der Waals surface area (Å²) in [6.45, 7) is 0. The molecule has 0 aliphatic rings. The Hall–Kier alpha value is -3.54. The van der Waals surface area contributed by atoms with Crippen molar-refractivity contribution in [2.75, 3.05) is 49.5 Å². The fourth-order valence-electron chi connectivity index (χ4n) is 4.86. The first-order chi connectivity index (χ1) is 21.6. The van der Waals surface area contributed by atoms with E-state index in [0.29, 0.717) is 10.8 Å². The van der Waals surface area contributed by atoms with Crippen molar-refractivity contribution in [3.8, 4) is 0 Å². The number of rotatable bonds is 15. The molecular formula is C30H36N6O6S4. The molecule has 2 atom stereocenters. The number of anilines is 2. The van der Waals surface area contributed by atoms with Crippen molar-refractivity contribution in [1.82, 2.24) is 9.44 Å². The van der Waals surface area contributed by atoms with Crippen LogP contribution in [0.3, 0.4) is 0 Å². The van der Waals surface area contributed by atoms with Gasteiger partial charge in [0.15, 0.2) is 0 Å². The molecule has 46 heavy (non-hydrogen) atoms. The molecule has 0 bridgehead atoms. The maximum Gasteiger partial charge on any atom is 0.241 e. The van der Waals surface area contributed by atoms with Gasteiger partial charge in [0.05, 0.1) is 9.79 Å². The Balaban J connectivity index is 1.45. The number of sulfonamides is 2. The summed E-state index contributed by atoms with van der Waals surface area (Å²) in [4.78, 5) is 28.3. The van der Waals surface area contributed by atoms with Crippen molar-refractivity contribution >= 4 is 86.4 Å². The van der Waals surface area contributed by atoms with Crippen molar-refractivity contribution in [3.63, 3.8) is 0 Å². The molecule has 6 N–H and O–H groups in total. The molecule has 0 aromatic heterocycles. The van der Waals surface area contributed by atoms with Gasteiger partial charge in [0.1, 0.15) is 12.1 Å². The van der Waals surface area contributed by atoms with E-state index in [1.54, 1.807) is 36.4 Å². The van der Waals surface area contributed by atoms with Crippen LogP contribution in [0, 0.1) is 0 Å². The number of fused-ring (bicyclic) bond motifs is 2. The second kappa shape index (κ2) is 14.5. The van der Waals surface area contributed by atoms with Crippen molar-refractivity contribution in [1.29, 1.82) is 0 Å². The van der Waals surface area contributed by atoms with Crippen LogP contribution in [0.4, 0.5) is 11.4 Å². The van der Waals surface area contributed by atoms with Crippen molar-refractivity contribution in [2.24, 2.45) is 11.5 Å². The summed E-state index contributed by atoms with van der Waals surface area (Å²) in [6, 6.07) is 17.8. The highest BCUT2D eigenvalue weighted by Gasteiger charge is 2.28. The Labute approximate surface area is 276 Å². The summed E-state index contributed by atoms with van der Waals surface area (Å²) in [5, 5.41) is 2.40. The number of carbonyl (C=O) groups excluding carboxylic acids is 2. The number of nitrogens with two attached hydrogens (primary N) is 2. The van der Waals surface area contributed by atoms with E-state index >= 15 is 0 Å². The van der Waals surface area contributed by atoms with E-state index in [1.165, 1.54) is 12.1 Å². The molecule has 0 aliphatic carbocycles. The predicted octanol–water partition coefficient (Wildman–Crippen LogP) is 2.47. The number of amides is 2. The molecular weight excluding hydrogens is 669 g/mol. The highest BCUT2D eigenvalue weighted by Crippen LogP contribution is 2.32. The van der Waals surface area contributed by atoms with Gasteiger partial charge in [-0.3, -0.25) is 9.59 Å². The van der Waals surface area contributed by atoms with Crippen LogP contribution in [-0.2, 0) is 29.6 Å². The fourth-order valence-corrected chi connectivity index (χ4v) is 10.3. The van der Waals surface area contributed by atoms with Crippen LogP contribution in [0.15, 0.2) is 82.6 Å². The lowest BCUT2D eigenvalue weighted by molar-refractivity contribution is -0.119. The van der Waals surface area contributed by atoms with E-state index in [-0.39, 0.29) is 21.3 Å². The molecule has 0 aliphatic heterocycles. The summed E-state index contributed by atoms with van der Waals surface area (Å²) in [5.74, 6) is -1.99. The van der Waals surface area contributed by atoms with Gasteiger partial charge >= 0.3 is 0 Å². The van der Waals surface area contributed by atoms with Crippen molar-refractivity contribution < 1.29 is 26.4 Å². The first-order valence-corrected chi connectivity index (χ1v) is 19.4. The maximum atomic E-state index is 13.4. The predicted molar refractivity (Wildman–Crippen MR) is 188 cm³/mol. The van der Waals surface area contributed by atoms with Gasteiger partial charge in [-0.15, -0.1) is 0 Å². The van der Waals surface area contributed by atoms with Crippen LogP contribution >= 0.6 is 21.6 Å². The van der Waals surface area contributed by atoms with E-state index in [4.69, 9.17) is 11.5 Å². The smallest absolute Gasteiger partial charge is 0.241 e. The van der Waals surface area contributed by atoms with Crippen LogP contribution in [0.2, 0.25) is 0 Å². The largest absolute Gasteiger partial charge is 0.377 e. The zero-order valence-corrected chi connectivity index (χ0v) is 28.9. The van der Waals surface area contributed by atoms with E-state index < -0.39 is 43.9 Å². The van der Waals surface area contributed by atoms with Gasteiger partial charge in [-0.2, -0.15) is 9.44 Å². The molecule has 0 spiro atoms. The van der Waals surface area contributed by atoms with E-state index in [2.05, 4.69) is 9.44 Å². The van der Waals surface area contributed by atoms with E-state index in [9.17, 15) is 26.4 Å². The number of benzene rings is 4. The molecule has 12 nitrogen and oxygen atoms in total. The van der Waals surface area contributed by atoms with Crippen LogP contribution < -0.4 is 30.7 Å².